The molecule has 0 saturated heterocycles. The van der Waals surface area contributed by atoms with Crippen molar-refractivity contribution in [3.63, 3.8) is 0 Å². The first-order valence-corrected chi connectivity index (χ1v) is 6.85. The molecule has 3 N–H and O–H groups in total. The Bertz CT molecular complexity index is 532. The fraction of sp³-hybridized carbons (Fsp3) is 0.375. The van der Waals surface area contributed by atoms with Gasteiger partial charge in [-0.05, 0) is 28.8 Å². The van der Waals surface area contributed by atoms with Crippen LogP contribution in [-0.2, 0) is 10.0 Å². The summed E-state index contributed by atoms with van der Waals surface area (Å²) in [5.41, 5.74) is 0. The van der Waals surface area contributed by atoms with E-state index in [1.165, 1.54) is 0 Å². The van der Waals surface area contributed by atoms with E-state index in [0.717, 1.165) is 18.9 Å². The number of halogens is 1. The third-order valence-electron chi connectivity index (χ3n) is 2.10. The fourth-order valence-corrected chi connectivity index (χ4v) is 2.64. The van der Waals surface area contributed by atoms with Gasteiger partial charge in [0.15, 0.2) is 10.4 Å². The van der Waals surface area contributed by atoms with E-state index >= 15 is 0 Å². The van der Waals surface area contributed by atoms with Gasteiger partial charge in [0.2, 0.25) is 10.0 Å². The quantitative estimate of drug-likeness (QED) is 0.852. The first-order valence-electron chi connectivity index (χ1n) is 4.51. The number of primary sulfonamides is 1. The van der Waals surface area contributed by atoms with Crippen LogP contribution in [0.2, 0.25) is 0 Å². The zero-order chi connectivity index (χ0) is 11.9. The van der Waals surface area contributed by atoms with Gasteiger partial charge in [0.1, 0.15) is 4.90 Å². The molecule has 0 atom stereocenters. The van der Waals surface area contributed by atoms with Gasteiger partial charge in [0.05, 0.1) is 0 Å². The molecule has 6 nitrogen and oxygen atoms in total. The number of carbonyl (C=O) groups is 1. The molecule has 1 fully saturated rings. The van der Waals surface area contributed by atoms with E-state index in [4.69, 9.17) is 9.56 Å². The summed E-state index contributed by atoms with van der Waals surface area (Å²) < 4.78 is 27.1. The summed E-state index contributed by atoms with van der Waals surface area (Å²) in [6.45, 7) is 0. The van der Waals surface area contributed by atoms with E-state index in [1.54, 1.807) is 0 Å². The highest BCUT2D eigenvalue weighted by molar-refractivity contribution is 9.10. The summed E-state index contributed by atoms with van der Waals surface area (Å²) in [5.74, 6) is -0.499. The summed E-state index contributed by atoms with van der Waals surface area (Å²) in [4.78, 5) is 11.3. The second-order valence-electron chi connectivity index (χ2n) is 3.54. The summed E-state index contributed by atoms with van der Waals surface area (Å²) in [6.07, 6.45) is 1.88. The number of hydrogen-bond donors (Lipinski definition) is 2. The molecule has 1 heterocycles. The molecule has 16 heavy (non-hydrogen) atoms. The van der Waals surface area contributed by atoms with E-state index in [9.17, 15) is 13.2 Å². The number of nitrogens with two attached hydrogens (primary N) is 1. The smallest absolute Gasteiger partial charge is 0.287 e. The Labute approximate surface area is 100 Å². The molecule has 1 aromatic rings. The van der Waals surface area contributed by atoms with Crippen LogP contribution in [0.25, 0.3) is 0 Å². The lowest BCUT2D eigenvalue weighted by molar-refractivity contribution is 0.0922. The van der Waals surface area contributed by atoms with Gasteiger partial charge in [-0.25, -0.2) is 13.6 Å². The summed E-state index contributed by atoms with van der Waals surface area (Å²) >= 11 is 2.90. The van der Waals surface area contributed by atoms with Crippen molar-refractivity contribution in [3.8, 4) is 0 Å². The Morgan fingerprint density at radius 1 is 1.56 bits per heavy atom. The minimum atomic E-state index is -3.88. The van der Waals surface area contributed by atoms with E-state index < -0.39 is 15.9 Å². The van der Waals surface area contributed by atoms with Gasteiger partial charge in [-0.1, -0.05) is 0 Å². The van der Waals surface area contributed by atoms with Gasteiger partial charge in [0, 0.05) is 12.1 Å². The number of sulfonamides is 1. The average Bonchev–Trinajstić information content (AvgIpc) is 2.84. The van der Waals surface area contributed by atoms with Crippen LogP contribution in [0, 0.1) is 0 Å². The maximum atomic E-state index is 11.5. The molecule has 1 aliphatic carbocycles. The Kier molecular flexibility index (Phi) is 2.81. The Balaban J connectivity index is 2.26. The van der Waals surface area contributed by atoms with Crippen LogP contribution >= 0.6 is 15.9 Å². The van der Waals surface area contributed by atoms with Gasteiger partial charge in [0.25, 0.3) is 5.91 Å². The Morgan fingerprint density at radius 3 is 2.62 bits per heavy atom. The number of furan rings is 1. The largest absolute Gasteiger partial charge is 0.443 e. The molecule has 0 bridgehead atoms. The predicted molar refractivity (Wildman–Crippen MR) is 58.3 cm³/mol. The van der Waals surface area contributed by atoms with Gasteiger partial charge >= 0.3 is 0 Å². The lowest BCUT2D eigenvalue weighted by Gasteiger charge is -1.97. The van der Waals surface area contributed by atoms with E-state index in [2.05, 4.69) is 21.2 Å². The highest BCUT2D eigenvalue weighted by Crippen LogP contribution is 2.26. The van der Waals surface area contributed by atoms with Crippen LogP contribution < -0.4 is 10.5 Å². The third-order valence-corrected chi connectivity index (χ3v) is 3.87. The fourth-order valence-electron chi connectivity index (χ4n) is 1.14. The first-order chi connectivity index (χ1) is 7.38. The number of nitrogens with one attached hydrogen (secondary N) is 1. The average molecular weight is 309 g/mol. The van der Waals surface area contributed by atoms with Crippen LogP contribution in [0.3, 0.4) is 0 Å². The van der Waals surface area contributed by atoms with Crippen molar-refractivity contribution in [2.75, 3.05) is 0 Å². The molecule has 0 spiro atoms. The van der Waals surface area contributed by atoms with Crippen LogP contribution in [0.1, 0.15) is 23.4 Å². The van der Waals surface area contributed by atoms with Crippen LogP contribution in [0.4, 0.5) is 0 Å². The maximum Gasteiger partial charge on any atom is 0.287 e. The topological polar surface area (TPSA) is 102 Å². The zero-order valence-corrected chi connectivity index (χ0v) is 10.5. The number of rotatable bonds is 3. The normalized spacial score (nSPS) is 16.1. The Morgan fingerprint density at radius 2 is 2.19 bits per heavy atom. The molecular weight excluding hydrogens is 300 g/mol. The van der Waals surface area contributed by atoms with Gasteiger partial charge < -0.3 is 9.73 Å². The van der Waals surface area contributed by atoms with Crippen molar-refractivity contribution >= 4 is 31.9 Å². The van der Waals surface area contributed by atoms with Crippen LogP contribution in [-0.4, -0.2) is 20.4 Å². The number of carbonyl (C=O) groups excluding carboxylic acids is 1. The van der Waals surface area contributed by atoms with Gasteiger partial charge in [-0.15, -0.1) is 0 Å². The highest BCUT2D eigenvalue weighted by atomic mass is 79.9. The molecule has 0 aromatic carbocycles. The van der Waals surface area contributed by atoms with Crippen molar-refractivity contribution in [3.05, 3.63) is 16.5 Å². The lowest BCUT2D eigenvalue weighted by atomic mass is 10.4. The predicted octanol–water partition coefficient (Wildman–Crippen LogP) is 0.582. The minimum Gasteiger partial charge on any atom is -0.443 e. The molecule has 2 rings (SSSR count). The zero-order valence-electron chi connectivity index (χ0n) is 8.07. The summed E-state index contributed by atoms with van der Waals surface area (Å²) in [5, 5.41) is 7.61. The second kappa shape index (κ2) is 3.86. The maximum absolute atomic E-state index is 11.5. The van der Waals surface area contributed by atoms with Gasteiger partial charge in [-0.2, -0.15) is 0 Å². The lowest BCUT2D eigenvalue weighted by Crippen LogP contribution is -2.24. The first kappa shape index (κ1) is 11.6. The third kappa shape index (κ3) is 2.45. The number of hydrogen-bond acceptors (Lipinski definition) is 4. The van der Waals surface area contributed by atoms with Crippen molar-refractivity contribution in [1.29, 1.82) is 0 Å². The number of amides is 1. The van der Waals surface area contributed by atoms with Crippen LogP contribution in [0.15, 0.2) is 20.0 Å². The molecule has 0 radical (unpaired) electrons. The Hall–Kier alpha value is -0.860. The van der Waals surface area contributed by atoms with Crippen molar-refractivity contribution in [2.45, 2.75) is 23.8 Å². The van der Waals surface area contributed by atoms with Crippen LogP contribution in [0.5, 0.6) is 0 Å². The molecule has 88 valence electrons. The molecule has 1 amide bonds. The van der Waals surface area contributed by atoms with E-state index in [1.807, 2.05) is 0 Å². The molecule has 1 aliphatic rings. The monoisotopic (exact) mass is 308 g/mol. The molecule has 0 unspecified atom stereocenters. The SMILES string of the molecule is NS(=O)(=O)c1cc(C(=O)NC2CC2)oc1Br. The van der Waals surface area contributed by atoms with E-state index in [0.29, 0.717) is 0 Å². The molecule has 1 saturated carbocycles. The molecule has 1 aromatic heterocycles. The van der Waals surface area contributed by atoms with Crippen molar-refractivity contribution in [2.24, 2.45) is 5.14 Å². The summed E-state index contributed by atoms with van der Waals surface area (Å²) in [6, 6.07) is 1.28. The molecule has 8 heteroatoms. The van der Waals surface area contributed by atoms with Crippen molar-refractivity contribution < 1.29 is 17.6 Å². The minimum absolute atomic E-state index is 0.0593. The standard InChI is InChI=1S/C8H9BrN2O4S/c9-7-6(16(10,13)14)3-5(15-7)8(12)11-4-1-2-4/h3-4H,1-2H2,(H,11,12)(H2,10,13,14). The highest BCUT2D eigenvalue weighted by Gasteiger charge is 2.27. The molecular formula is C8H9BrN2O4S. The van der Waals surface area contributed by atoms with Gasteiger partial charge in [-0.3, -0.25) is 4.79 Å². The second-order valence-corrected chi connectivity index (χ2v) is 5.79. The van der Waals surface area contributed by atoms with Crippen molar-refractivity contribution in [1.82, 2.24) is 5.32 Å². The molecule has 0 aliphatic heterocycles. The van der Waals surface area contributed by atoms with E-state index in [-0.39, 0.29) is 21.4 Å². The summed E-state index contributed by atoms with van der Waals surface area (Å²) in [7, 11) is -3.88.